The predicted octanol–water partition coefficient (Wildman–Crippen LogP) is 1.98. The molecule has 2 unspecified atom stereocenters. The SMILES string of the molecule is CCCOc1ccc(C(NC)C2CN(C)CCN2C)cc1. The van der Waals surface area contributed by atoms with E-state index in [1.165, 1.54) is 5.56 Å². The van der Waals surface area contributed by atoms with Crippen LogP contribution in [0.25, 0.3) is 0 Å². The molecule has 0 saturated carbocycles. The van der Waals surface area contributed by atoms with E-state index in [1.54, 1.807) is 0 Å². The molecule has 0 aliphatic carbocycles. The average molecular weight is 291 g/mol. The van der Waals surface area contributed by atoms with E-state index in [0.29, 0.717) is 12.1 Å². The fourth-order valence-electron chi connectivity index (χ4n) is 2.98. The third-order valence-corrected chi connectivity index (χ3v) is 4.31. The number of hydrogen-bond acceptors (Lipinski definition) is 4. The highest BCUT2D eigenvalue weighted by molar-refractivity contribution is 5.30. The maximum atomic E-state index is 5.67. The first-order valence-electron chi connectivity index (χ1n) is 7.94. The summed E-state index contributed by atoms with van der Waals surface area (Å²) in [5.41, 5.74) is 1.33. The monoisotopic (exact) mass is 291 g/mol. The van der Waals surface area contributed by atoms with Crippen LogP contribution in [0.5, 0.6) is 5.75 Å². The van der Waals surface area contributed by atoms with Crippen LogP contribution in [-0.2, 0) is 0 Å². The molecular weight excluding hydrogens is 262 g/mol. The molecule has 2 atom stereocenters. The van der Waals surface area contributed by atoms with Gasteiger partial charge in [-0.1, -0.05) is 19.1 Å². The smallest absolute Gasteiger partial charge is 0.119 e. The molecule has 0 spiro atoms. The number of rotatable bonds is 6. The van der Waals surface area contributed by atoms with Gasteiger partial charge in [0.25, 0.3) is 0 Å². The molecule has 1 aliphatic rings. The molecule has 21 heavy (non-hydrogen) atoms. The van der Waals surface area contributed by atoms with Crippen molar-refractivity contribution in [3.05, 3.63) is 29.8 Å². The van der Waals surface area contributed by atoms with Crippen molar-refractivity contribution in [1.82, 2.24) is 15.1 Å². The highest BCUT2D eigenvalue weighted by Crippen LogP contribution is 2.25. The summed E-state index contributed by atoms with van der Waals surface area (Å²) < 4.78 is 5.67. The number of ether oxygens (including phenoxy) is 1. The van der Waals surface area contributed by atoms with Crippen molar-refractivity contribution >= 4 is 0 Å². The van der Waals surface area contributed by atoms with Gasteiger partial charge in [-0.05, 0) is 45.3 Å². The molecule has 0 aromatic heterocycles. The number of nitrogens with one attached hydrogen (secondary N) is 1. The maximum absolute atomic E-state index is 5.67. The van der Waals surface area contributed by atoms with E-state index in [1.807, 2.05) is 0 Å². The third kappa shape index (κ3) is 4.19. The summed E-state index contributed by atoms with van der Waals surface area (Å²) in [4.78, 5) is 4.87. The Morgan fingerprint density at radius 1 is 1.24 bits per heavy atom. The molecule has 4 nitrogen and oxygen atoms in total. The van der Waals surface area contributed by atoms with E-state index in [9.17, 15) is 0 Å². The predicted molar refractivity (Wildman–Crippen MR) is 87.9 cm³/mol. The van der Waals surface area contributed by atoms with Crippen molar-refractivity contribution in [2.24, 2.45) is 0 Å². The highest BCUT2D eigenvalue weighted by Gasteiger charge is 2.29. The fourth-order valence-corrected chi connectivity index (χ4v) is 2.98. The summed E-state index contributed by atoms with van der Waals surface area (Å²) in [5.74, 6) is 0.963. The number of benzene rings is 1. The third-order valence-electron chi connectivity index (χ3n) is 4.31. The summed E-state index contributed by atoms with van der Waals surface area (Å²) in [6, 6.07) is 9.39. The Balaban J connectivity index is 2.09. The second kappa shape index (κ2) is 7.78. The van der Waals surface area contributed by atoms with Gasteiger partial charge in [-0.15, -0.1) is 0 Å². The van der Waals surface area contributed by atoms with Gasteiger partial charge in [0, 0.05) is 31.7 Å². The second-order valence-corrected chi connectivity index (χ2v) is 5.99. The van der Waals surface area contributed by atoms with Crippen molar-refractivity contribution in [3.8, 4) is 5.75 Å². The van der Waals surface area contributed by atoms with Crippen molar-refractivity contribution in [2.45, 2.75) is 25.4 Å². The molecule has 1 fully saturated rings. The van der Waals surface area contributed by atoms with Gasteiger partial charge in [-0.2, -0.15) is 0 Å². The molecular formula is C17H29N3O. The molecule has 1 aromatic carbocycles. The molecule has 1 aliphatic heterocycles. The van der Waals surface area contributed by atoms with Crippen LogP contribution in [0.2, 0.25) is 0 Å². The number of hydrogen-bond donors (Lipinski definition) is 1. The first-order valence-corrected chi connectivity index (χ1v) is 7.94. The summed E-state index contributed by atoms with van der Waals surface area (Å²) in [6.07, 6.45) is 1.04. The number of likely N-dealkylation sites (N-methyl/N-ethyl adjacent to an activating group) is 3. The lowest BCUT2D eigenvalue weighted by Gasteiger charge is -2.42. The van der Waals surface area contributed by atoms with Crippen LogP contribution in [0.1, 0.15) is 24.9 Å². The largest absolute Gasteiger partial charge is 0.494 e. The van der Waals surface area contributed by atoms with Gasteiger partial charge in [0.1, 0.15) is 5.75 Å². The molecule has 1 aromatic rings. The molecule has 0 radical (unpaired) electrons. The van der Waals surface area contributed by atoms with Gasteiger partial charge in [-0.25, -0.2) is 0 Å². The lowest BCUT2D eigenvalue weighted by Crippen LogP contribution is -2.54. The van der Waals surface area contributed by atoms with Crippen LogP contribution in [0.4, 0.5) is 0 Å². The molecule has 0 bridgehead atoms. The lowest BCUT2D eigenvalue weighted by molar-refractivity contribution is 0.0897. The van der Waals surface area contributed by atoms with Crippen LogP contribution >= 0.6 is 0 Å². The van der Waals surface area contributed by atoms with Crippen molar-refractivity contribution in [2.75, 3.05) is 47.4 Å². The van der Waals surface area contributed by atoms with Crippen LogP contribution in [0, 0.1) is 0 Å². The van der Waals surface area contributed by atoms with Gasteiger partial charge in [0.15, 0.2) is 0 Å². The zero-order valence-corrected chi connectivity index (χ0v) is 13.8. The van der Waals surface area contributed by atoms with Gasteiger partial charge < -0.3 is 15.0 Å². The van der Waals surface area contributed by atoms with Crippen molar-refractivity contribution < 1.29 is 4.74 Å². The minimum atomic E-state index is 0.345. The number of piperazine rings is 1. The summed E-state index contributed by atoms with van der Waals surface area (Å²) >= 11 is 0. The second-order valence-electron chi connectivity index (χ2n) is 5.99. The van der Waals surface area contributed by atoms with Gasteiger partial charge in [0.2, 0.25) is 0 Å². The van der Waals surface area contributed by atoms with Crippen LogP contribution in [-0.4, -0.2) is 63.2 Å². The molecule has 0 amide bonds. The fraction of sp³-hybridized carbons (Fsp3) is 0.647. The Kier molecular flexibility index (Phi) is 6.03. The maximum Gasteiger partial charge on any atom is 0.119 e. The van der Waals surface area contributed by atoms with Crippen LogP contribution < -0.4 is 10.1 Å². The molecule has 1 heterocycles. The Labute approximate surface area is 129 Å². The van der Waals surface area contributed by atoms with E-state index in [2.05, 4.69) is 67.4 Å². The van der Waals surface area contributed by atoms with Crippen LogP contribution in [0.3, 0.4) is 0 Å². The molecule has 1 N–H and O–H groups in total. The zero-order valence-electron chi connectivity index (χ0n) is 13.8. The molecule has 4 heteroatoms. The Morgan fingerprint density at radius 2 is 1.95 bits per heavy atom. The summed E-state index contributed by atoms with van der Waals surface area (Å²) in [5, 5.41) is 3.49. The Morgan fingerprint density at radius 3 is 2.57 bits per heavy atom. The van der Waals surface area contributed by atoms with E-state index >= 15 is 0 Å². The molecule has 118 valence electrons. The van der Waals surface area contributed by atoms with Crippen molar-refractivity contribution in [3.63, 3.8) is 0 Å². The highest BCUT2D eigenvalue weighted by atomic mass is 16.5. The van der Waals surface area contributed by atoms with E-state index in [4.69, 9.17) is 4.74 Å². The van der Waals surface area contributed by atoms with Gasteiger partial charge >= 0.3 is 0 Å². The van der Waals surface area contributed by atoms with Gasteiger partial charge in [-0.3, -0.25) is 4.90 Å². The summed E-state index contributed by atoms with van der Waals surface area (Å²) in [7, 11) is 6.48. The topological polar surface area (TPSA) is 27.7 Å². The van der Waals surface area contributed by atoms with Crippen LogP contribution in [0.15, 0.2) is 24.3 Å². The minimum Gasteiger partial charge on any atom is -0.494 e. The van der Waals surface area contributed by atoms with E-state index in [0.717, 1.165) is 38.4 Å². The lowest BCUT2D eigenvalue weighted by atomic mass is 9.96. The Bertz CT molecular complexity index is 421. The first kappa shape index (κ1) is 16.3. The molecule has 2 rings (SSSR count). The van der Waals surface area contributed by atoms with E-state index in [-0.39, 0.29) is 0 Å². The van der Waals surface area contributed by atoms with Crippen molar-refractivity contribution in [1.29, 1.82) is 0 Å². The van der Waals surface area contributed by atoms with E-state index < -0.39 is 0 Å². The summed E-state index contributed by atoms with van der Waals surface area (Å²) in [6.45, 7) is 6.27. The minimum absolute atomic E-state index is 0.345. The normalized spacial score (nSPS) is 22.2. The zero-order chi connectivity index (χ0) is 15.2. The average Bonchev–Trinajstić information content (AvgIpc) is 2.50. The quantitative estimate of drug-likeness (QED) is 0.867. The first-order chi connectivity index (χ1) is 10.2. The number of nitrogens with zero attached hydrogens (tertiary/aromatic N) is 2. The molecule has 1 saturated heterocycles. The Hall–Kier alpha value is -1.10. The standard InChI is InChI=1S/C17H29N3O/c1-5-12-21-15-8-6-14(7-9-15)17(18-2)16-13-19(3)10-11-20(16)4/h6-9,16-18H,5,10-13H2,1-4H3. The van der Waals surface area contributed by atoms with Gasteiger partial charge in [0.05, 0.1) is 6.61 Å².